The van der Waals surface area contributed by atoms with Gasteiger partial charge in [0.15, 0.2) is 0 Å². The minimum absolute atomic E-state index is 0.805. The summed E-state index contributed by atoms with van der Waals surface area (Å²) in [5, 5.41) is 0. The summed E-state index contributed by atoms with van der Waals surface area (Å²) >= 11 is 0. The summed E-state index contributed by atoms with van der Waals surface area (Å²) < 4.78 is 0. The molecule has 0 aliphatic carbocycles. The highest BCUT2D eigenvalue weighted by molar-refractivity contribution is 5.64. The average molecular weight is 364 g/mol. The summed E-state index contributed by atoms with van der Waals surface area (Å²) in [5.74, 6) is 0. The quantitative estimate of drug-likeness (QED) is 0.446. The first-order valence-electron chi connectivity index (χ1n) is 9.53. The van der Waals surface area contributed by atoms with Crippen LogP contribution in [0.1, 0.15) is 22.3 Å². The standard InChI is InChI=1S/C26H24N2/c27-25-13-5-21(6-14-25)17-19-1-9-23(10-2-19)24-11-3-20(4-12-24)18-22-7-15-26(28)16-8-22/h1-16H,17-18,27-28H2. The molecular formula is C26H24N2. The molecule has 0 saturated carbocycles. The lowest BCUT2D eigenvalue weighted by Gasteiger charge is -2.07. The second-order valence-electron chi connectivity index (χ2n) is 7.23. The van der Waals surface area contributed by atoms with E-state index in [9.17, 15) is 0 Å². The summed E-state index contributed by atoms with van der Waals surface area (Å²) in [6.07, 6.45) is 1.84. The van der Waals surface area contributed by atoms with Gasteiger partial charge >= 0.3 is 0 Å². The zero-order valence-corrected chi connectivity index (χ0v) is 15.8. The number of rotatable bonds is 5. The van der Waals surface area contributed by atoms with Crippen molar-refractivity contribution in [1.82, 2.24) is 0 Å². The van der Waals surface area contributed by atoms with E-state index in [1.165, 1.54) is 33.4 Å². The van der Waals surface area contributed by atoms with Crippen molar-refractivity contribution in [2.75, 3.05) is 11.5 Å². The fraction of sp³-hybridized carbons (Fsp3) is 0.0769. The molecule has 0 aliphatic heterocycles. The van der Waals surface area contributed by atoms with E-state index in [0.29, 0.717) is 0 Å². The zero-order chi connectivity index (χ0) is 19.3. The van der Waals surface area contributed by atoms with Crippen molar-refractivity contribution in [2.24, 2.45) is 0 Å². The summed E-state index contributed by atoms with van der Waals surface area (Å²) in [6, 6.07) is 33.8. The van der Waals surface area contributed by atoms with Crippen molar-refractivity contribution in [2.45, 2.75) is 12.8 Å². The third kappa shape index (κ3) is 4.41. The van der Waals surface area contributed by atoms with E-state index in [4.69, 9.17) is 11.5 Å². The fourth-order valence-electron chi connectivity index (χ4n) is 3.37. The molecule has 0 aliphatic rings. The van der Waals surface area contributed by atoms with Crippen LogP contribution in [0.3, 0.4) is 0 Å². The lowest BCUT2D eigenvalue weighted by Crippen LogP contribution is -1.91. The van der Waals surface area contributed by atoms with Crippen LogP contribution in [0, 0.1) is 0 Å². The lowest BCUT2D eigenvalue weighted by atomic mass is 9.98. The van der Waals surface area contributed by atoms with Gasteiger partial charge in [-0.1, -0.05) is 72.8 Å². The Balaban J connectivity index is 1.43. The van der Waals surface area contributed by atoms with Crippen LogP contribution >= 0.6 is 0 Å². The van der Waals surface area contributed by atoms with Crippen molar-refractivity contribution in [3.8, 4) is 11.1 Å². The van der Waals surface area contributed by atoms with Crippen LogP contribution in [0.5, 0.6) is 0 Å². The minimum Gasteiger partial charge on any atom is -0.399 e. The van der Waals surface area contributed by atoms with Crippen LogP contribution in [0.2, 0.25) is 0 Å². The molecule has 2 nitrogen and oxygen atoms in total. The monoisotopic (exact) mass is 364 g/mol. The maximum Gasteiger partial charge on any atom is 0.0314 e. The van der Waals surface area contributed by atoms with E-state index < -0.39 is 0 Å². The highest BCUT2D eigenvalue weighted by Crippen LogP contribution is 2.22. The number of nitrogen functional groups attached to an aromatic ring is 2. The van der Waals surface area contributed by atoms with E-state index in [-0.39, 0.29) is 0 Å². The van der Waals surface area contributed by atoms with Gasteiger partial charge in [-0.2, -0.15) is 0 Å². The van der Waals surface area contributed by atoms with Gasteiger partial charge in [0.25, 0.3) is 0 Å². The van der Waals surface area contributed by atoms with Gasteiger partial charge in [-0.15, -0.1) is 0 Å². The van der Waals surface area contributed by atoms with Gasteiger partial charge in [-0.25, -0.2) is 0 Å². The van der Waals surface area contributed by atoms with Gasteiger partial charge in [-0.3, -0.25) is 0 Å². The molecule has 4 N–H and O–H groups in total. The number of nitrogens with two attached hydrogens (primary N) is 2. The first kappa shape index (κ1) is 17.9. The van der Waals surface area contributed by atoms with Gasteiger partial charge in [-0.05, 0) is 70.5 Å². The number of benzene rings is 4. The van der Waals surface area contributed by atoms with Crippen LogP contribution < -0.4 is 11.5 Å². The zero-order valence-electron chi connectivity index (χ0n) is 15.8. The molecular weight excluding hydrogens is 340 g/mol. The Hall–Kier alpha value is -3.52. The second-order valence-corrected chi connectivity index (χ2v) is 7.23. The minimum atomic E-state index is 0.805. The molecule has 0 unspecified atom stereocenters. The first-order valence-corrected chi connectivity index (χ1v) is 9.53. The summed E-state index contributed by atoms with van der Waals surface area (Å²) in [4.78, 5) is 0. The fourth-order valence-corrected chi connectivity index (χ4v) is 3.37. The first-order chi connectivity index (χ1) is 13.7. The SMILES string of the molecule is Nc1ccc(Cc2ccc(-c3ccc(Cc4ccc(N)cc4)cc3)cc2)cc1. The molecule has 0 fully saturated rings. The molecule has 4 rings (SSSR count). The topological polar surface area (TPSA) is 52.0 Å². The van der Waals surface area contributed by atoms with Crippen LogP contribution in [0.25, 0.3) is 11.1 Å². The smallest absolute Gasteiger partial charge is 0.0314 e. The maximum atomic E-state index is 5.76. The van der Waals surface area contributed by atoms with Gasteiger partial charge in [0.05, 0.1) is 0 Å². The number of anilines is 2. The van der Waals surface area contributed by atoms with Crippen LogP contribution in [-0.4, -0.2) is 0 Å². The van der Waals surface area contributed by atoms with Gasteiger partial charge < -0.3 is 11.5 Å². The van der Waals surface area contributed by atoms with Crippen molar-refractivity contribution < 1.29 is 0 Å². The van der Waals surface area contributed by atoms with E-state index >= 15 is 0 Å². The predicted octanol–water partition coefficient (Wildman–Crippen LogP) is 5.70. The van der Waals surface area contributed by atoms with Crippen molar-refractivity contribution in [3.63, 3.8) is 0 Å². The molecule has 4 aromatic rings. The molecule has 138 valence electrons. The Kier molecular flexibility index (Phi) is 5.11. The third-order valence-corrected chi connectivity index (χ3v) is 5.02. The number of hydrogen-bond acceptors (Lipinski definition) is 2. The van der Waals surface area contributed by atoms with E-state index in [2.05, 4.69) is 72.8 Å². The largest absolute Gasteiger partial charge is 0.399 e. The maximum absolute atomic E-state index is 5.76. The van der Waals surface area contributed by atoms with E-state index in [1.54, 1.807) is 0 Å². The average Bonchev–Trinajstić information content (AvgIpc) is 2.73. The molecule has 0 atom stereocenters. The normalized spacial score (nSPS) is 10.7. The van der Waals surface area contributed by atoms with Crippen molar-refractivity contribution in [1.29, 1.82) is 0 Å². The van der Waals surface area contributed by atoms with Crippen LogP contribution in [0.4, 0.5) is 11.4 Å². The van der Waals surface area contributed by atoms with Gasteiger partial charge in [0.2, 0.25) is 0 Å². The highest BCUT2D eigenvalue weighted by Gasteiger charge is 2.02. The highest BCUT2D eigenvalue weighted by atomic mass is 14.5. The molecule has 0 amide bonds. The van der Waals surface area contributed by atoms with Crippen LogP contribution in [0.15, 0.2) is 97.1 Å². The summed E-state index contributed by atoms with van der Waals surface area (Å²) in [7, 11) is 0. The second kappa shape index (κ2) is 8.01. The van der Waals surface area contributed by atoms with E-state index in [0.717, 1.165) is 24.2 Å². The molecule has 0 saturated heterocycles. The Morgan fingerprint density at radius 2 is 0.607 bits per heavy atom. The Labute approximate surface area is 166 Å². The third-order valence-electron chi connectivity index (χ3n) is 5.02. The summed E-state index contributed by atoms with van der Waals surface area (Å²) in [5.41, 5.74) is 20.7. The molecule has 2 heteroatoms. The Morgan fingerprint density at radius 1 is 0.357 bits per heavy atom. The lowest BCUT2D eigenvalue weighted by molar-refractivity contribution is 1.19. The van der Waals surface area contributed by atoms with E-state index in [1.807, 2.05) is 24.3 Å². The molecule has 0 bridgehead atoms. The molecule has 28 heavy (non-hydrogen) atoms. The van der Waals surface area contributed by atoms with Gasteiger partial charge in [0.1, 0.15) is 0 Å². The summed E-state index contributed by atoms with van der Waals surface area (Å²) in [6.45, 7) is 0. The molecule has 0 aromatic heterocycles. The van der Waals surface area contributed by atoms with Crippen LogP contribution in [-0.2, 0) is 12.8 Å². The van der Waals surface area contributed by atoms with Gasteiger partial charge in [0, 0.05) is 11.4 Å². The Bertz CT molecular complexity index is 941. The Morgan fingerprint density at radius 3 is 0.893 bits per heavy atom. The predicted molar refractivity (Wildman–Crippen MR) is 119 cm³/mol. The van der Waals surface area contributed by atoms with Crippen molar-refractivity contribution in [3.05, 3.63) is 119 Å². The molecule has 0 spiro atoms. The molecule has 4 aromatic carbocycles. The molecule has 0 radical (unpaired) electrons. The van der Waals surface area contributed by atoms with Crippen molar-refractivity contribution >= 4 is 11.4 Å². The molecule has 0 heterocycles. The number of hydrogen-bond donors (Lipinski definition) is 2.